The van der Waals surface area contributed by atoms with E-state index in [1.54, 1.807) is 0 Å². The number of rotatable bonds is 3. The average Bonchev–Trinajstić information content (AvgIpc) is 3.71. The smallest absolute Gasteiger partial charge is 0.0547 e. The van der Waals surface area contributed by atoms with Crippen LogP contribution in [0.2, 0.25) is 0 Å². The van der Waals surface area contributed by atoms with E-state index in [2.05, 4.69) is 181 Å². The van der Waals surface area contributed by atoms with Gasteiger partial charge in [0.05, 0.1) is 22.1 Å². The van der Waals surface area contributed by atoms with Crippen molar-refractivity contribution in [3.8, 4) is 33.6 Å². The predicted molar refractivity (Wildman–Crippen MR) is 198 cm³/mol. The summed E-state index contributed by atoms with van der Waals surface area (Å²) in [7, 11) is 0. The number of aromatic nitrogens is 2. The highest BCUT2D eigenvalue weighted by Crippen LogP contribution is 2.52. The molecule has 1 aliphatic rings. The van der Waals surface area contributed by atoms with E-state index in [-0.39, 0.29) is 5.41 Å². The van der Waals surface area contributed by atoms with Gasteiger partial charge in [-0.15, -0.1) is 0 Å². The SMILES string of the molecule is CC1(C)c2cc(-c3ccc4c(c3)c3ccccc3n4-c3ccccc3)ccc2-c2cc3c(cc21)c1ccccc1n3-c1ccccc1. The molecule has 1 aliphatic carbocycles. The molecule has 2 nitrogen and oxygen atoms in total. The van der Waals surface area contributed by atoms with Crippen LogP contribution >= 0.6 is 0 Å². The minimum absolute atomic E-state index is 0.127. The summed E-state index contributed by atoms with van der Waals surface area (Å²) >= 11 is 0. The van der Waals surface area contributed by atoms with E-state index in [0.29, 0.717) is 0 Å². The Hall–Kier alpha value is -5.86. The molecule has 0 spiro atoms. The zero-order valence-electron chi connectivity index (χ0n) is 26.4. The summed E-state index contributed by atoms with van der Waals surface area (Å²) in [5.41, 5.74) is 15.2. The van der Waals surface area contributed by atoms with Crippen molar-refractivity contribution in [1.82, 2.24) is 9.13 Å². The molecule has 2 heteroatoms. The van der Waals surface area contributed by atoms with Crippen LogP contribution in [0.25, 0.3) is 77.2 Å². The van der Waals surface area contributed by atoms with Gasteiger partial charge in [-0.2, -0.15) is 0 Å². The number of benzene rings is 7. The van der Waals surface area contributed by atoms with Crippen LogP contribution in [0.3, 0.4) is 0 Å². The van der Waals surface area contributed by atoms with Gasteiger partial charge in [0.25, 0.3) is 0 Å². The topological polar surface area (TPSA) is 9.86 Å². The molecule has 7 aromatic carbocycles. The van der Waals surface area contributed by atoms with Gasteiger partial charge in [0.15, 0.2) is 0 Å². The minimum Gasteiger partial charge on any atom is -0.309 e. The molecule has 0 N–H and O–H groups in total. The lowest BCUT2D eigenvalue weighted by atomic mass is 9.81. The van der Waals surface area contributed by atoms with Crippen molar-refractivity contribution in [2.24, 2.45) is 0 Å². The maximum absolute atomic E-state index is 2.47. The Kier molecular flexibility index (Phi) is 5.37. The fourth-order valence-electron chi connectivity index (χ4n) is 8.24. The molecule has 0 saturated heterocycles. The maximum atomic E-state index is 2.47. The summed E-state index contributed by atoms with van der Waals surface area (Å²) in [6.45, 7) is 4.78. The zero-order valence-corrected chi connectivity index (χ0v) is 26.4. The molecule has 2 aromatic heterocycles. The zero-order chi connectivity index (χ0) is 31.3. The highest BCUT2D eigenvalue weighted by atomic mass is 15.0. The van der Waals surface area contributed by atoms with Crippen LogP contribution in [0, 0.1) is 0 Å². The fraction of sp³-hybridized carbons (Fsp3) is 0.0667. The van der Waals surface area contributed by atoms with Crippen molar-refractivity contribution in [3.05, 3.63) is 169 Å². The Morgan fingerprint density at radius 3 is 1.51 bits per heavy atom. The summed E-state index contributed by atoms with van der Waals surface area (Å²) in [6.07, 6.45) is 0. The quantitative estimate of drug-likeness (QED) is 0.191. The third-order valence-corrected chi connectivity index (χ3v) is 10.5. The van der Waals surface area contributed by atoms with Gasteiger partial charge in [0.1, 0.15) is 0 Å². The fourth-order valence-corrected chi connectivity index (χ4v) is 8.24. The van der Waals surface area contributed by atoms with Crippen LogP contribution in [0.15, 0.2) is 158 Å². The van der Waals surface area contributed by atoms with Crippen LogP contribution in [-0.2, 0) is 5.41 Å². The van der Waals surface area contributed by atoms with Gasteiger partial charge in [-0.05, 0) is 100 Å². The first-order valence-electron chi connectivity index (χ1n) is 16.4. The Labute approximate surface area is 273 Å². The standard InChI is InChI=1S/C45H32N2/c1-45(2)39-26-30(29-22-24-43-37(25-29)34-17-9-11-19-41(34)46(43)31-13-5-3-6-14-31)21-23-33(39)36-28-44-38(27-40(36)45)35-18-10-12-20-42(35)47(44)32-15-7-4-8-16-32/h3-28H,1-2H3. The average molecular weight is 601 g/mol. The highest BCUT2D eigenvalue weighted by Gasteiger charge is 2.36. The van der Waals surface area contributed by atoms with E-state index in [9.17, 15) is 0 Å². The molecule has 2 heterocycles. The Bertz CT molecular complexity index is 2690. The third-order valence-electron chi connectivity index (χ3n) is 10.5. The molecule has 222 valence electrons. The number of nitrogens with zero attached hydrogens (tertiary/aromatic N) is 2. The molecule has 0 fully saturated rings. The minimum atomic E-state index is -0.127. The van der Waals surface area contributed by atoms with Crippen molar-refractivity contribution in [3.63, 3.8) is 0 Å². The molecule has 9 aromatic rings. The first-order valence-corrected chi connectivity index (χ1v) is 16.4. The Morgan fingerprint density at radius 2 is 0.851 bits per heavy atom. The van der Waals surface area contributed by atoms with E-state index in [1.165, 1.54) is 88.4 Å². The molecule has 0 saturated carbocycles. The van der Waals surface area contributed by atoms with Crippen molar-refractivity contribution >= 4 is 43.6 Å². The summed E-state index contributed by atoms with van der Waals surface area (Å²) in [4.78, 5) is 0. The second-order valence-electron chi connectivity index (χ2n) is 13.4. The summed E-state index contributed by atoms with van der Waals surface area (Å²) in [6, 6.07) is 58.0. The van der Waals surface area contributed by atoms with Crippen LogP contribution in [0.4, 0.5) is 0 Å². The second kappa shape index (κ2) is 9.57. The Balaban J connectivity index is 1.16. The molecular formula is C45H32N2. The first kappa shape index (κ1) is 26.4. The molecular weight excluding hydrogens is 569 g/mol. The van der Waals surface area contributed by atoms with Crippen molar-refractivity contribution < 1.29 is 0 Å². The number of hydrogen-bond acceptors (Lipinski definition) is 0. The molecule has 0 atom stereocenters. The van der Waals surface area contributed by atoms with Gasteiger partial charge in [-0.25, -0.2) is 0 Å². The van der Waals surface area contributed by atoms with Crippen molar-refractivity contribution in [2.75, 3.05) is 0 Å². The highest BCUT2D eigenvalue weighted by molar-refractivity contribution is 6.12. The predicted octanol–water partition coefficient (Wildman–Crippen LogP) is 11.9. The maximum Gasteiger partial charge on any atom is 0.0547 e. The molecule has 0 bridgehead atoms. The Morgan fingerprint density at radius 1 is 0.362 bits per heavy atom. The van der Waals surface area contributed by atoms with E-state index < -0.39 is 0 Å². The molecule has 0 unspecified atom stereocenters. The molecule has 10 rings (SSSR count). The lowest BCUT2D eigenvalue weighted by Crippen LogP contribution is -2.15. The van der Waals surface area contributed by atoms with E-state index in [1.807, 2.05) is 0 Å². The van der Waals surface area contributed by atoms with Crippen molar-refractivity contribution in [2.45, 2.75) is 19.3 Å². The van der Waals surface area contributed by atoms with Crippen LogP contribution < -0.4 is 0 Å². The van der Waals surface area contributed by atoms with E-state index in [0.717, 1.165) is 0 Å². The molecule has 0 radical (unpaired) electrons. The molecule has 0 amide bonds. The van der Waals surface area contributed by atoms with Crippen molar-refractivity contribution in [1.29, 1.82) is 0 Å². The first-order chi connectivity index (χ1) is 23.1. The number of hydrogen-bond donors (Lipinski definition) is 0. The van der Waals surface area contributed by atoms with E-state index >= 15 is 0 Å². The number of para-hydroxylation sites is 4. The van der Waals surface area contributed by atoms with Gasteiger partial charge in [-0.3, -0.25) is 0 Å². The van der Waals surface area contributed by atoms with Gasteiger partial charge in [0.2, 0.25) is 0 Å². The van der Waals surface area contributed by atoms with Gasteiger partial charge in [-0.1, -0.05) is 105 Å². The molecule has 47 heavy (non-hydrogen) atoms. The second-order valence-corrected chi connectivity index (χ2v) is 13.4. The molecule has 0 aliphatic heterocycles. The van der Waals surface area contributed by atoms with Crippen LogP contribution in [0.5, 0.6) is 0 Å². The van der Waals surface area contributed by atoms with Crippen LogP contribution in [-0.4, -0.2) is 9.13 Å². The summed E-state index contributed by atoms with van der Waals surface area (Å²) in [5, 5.41) is 5.16. The van der Waals surface area contributed by atoms with Gasteiger partial charge < -0.3 is 9.13 Å². The summed E-state index contributed by atoms with van der Waals surface area (Å²) < 4.78 is 4.80. The lowest BCUT2D eigenvalue weighted by Gasteiger charge is -2.22. The van der Waals surface area contributed by atoms with Gasteiger partial charge in [0, 0.05) is 38.3 Å². The summed E-state index contributed by atoms with van der Waals surface area (Å²) in [5.74, 6) is 0. The van der Waals surface area contributed by atoms with E-state index in [4.69, 9.17) is 0 Å². The normalized spacial score (nSPS) is 13.5. The lowest BCUT2D eigenvalue weighted by molar-refractivity contribution is 0.661. The number of fused-ring (bicyclic) bond motifs is 9. The van der Waals surface area contributed by atoms with Gasteiger partial charge >= 0.3 is 0 Å². The van der Waals surface area contributed by atoms with Crippen LogP contribution in [0.1, 0.15) is 25.0 Å². The largest absolute Gasteiger partial charge is 0.309 e. The third kappa shape index (κ3) is 3.67. The monoisotopic (exact) mass is 600 g/mol.